The second-order valence-electron chi connectivity index (χ2n) is 6.20. The summed E-state index contributed by atoms with van der Waals surface area (Å²) in [7, 11) is 0. The molecule has 1 fully saturated rings. The van der Waals surface area contributed by atoms with Crippen LogP contribution >= 0.6 is 11.8 Å². The molecule has 0 aromatic heterocycles. The Morgan fingerprint density at radius 1 is 1.08 bits per heavy atom. The molecule has 0 bridgehead atoms. The van der Waals surface area contributed by atoms with E-state index in [-0.39, 0.29) is 35.2 Å². The molecule has 0 spiro atoms. The number of hydrogen-bond acceptors (Lipinski definition) is 3. The molecule has 0 saturated carbocycles. The fraction of sp³-hybridized carbons (Fsp3) is 0.300. The zero-order valence-electron chi connectivity index (χ0n) is 14.4. The third kappa shape index (κ3) is 4.85. The number of likely N-dealkylation sites (tertiary alicyclic amines) is 1. The van der Waals surface area contributed by atoms with Crippen molar-refractivity contribution in [2.75, 3.05) is 23.4 Å². The molecule has 1 atom stereocenters. The van der Waals surface area contributed by atoms with Crippen molar-refractivity contribution in [3.63, 3.8) is 0 Å². The summed E-state index contributed by atoms with van der Waals surface area (Å²) in [6, 6.07) is 15.8. The highest BCUT2D eigenvalue weighted by Gasteiger charge is 2.29. The standard InChI is InChI=1S/C20H21FN2O2S/c21-16-8-10-17(11-9-16)22-19(24)13-26-14-20(25)23-12-4-7-18(23)15-5-2-1-3-6-15/h1-3,5-6,8-11,18H,4,7,12-14H2,(H,22,24). The van der Waals surface area contributed by atoms with Gasteiger partial charge in [0, 0.05) is 12.2 Å². The van der Waals surface area contributed by atoms with E-state index in [2.05, 4.69) is 17.4 Å². The maximum absolute atomic E-state index is 12.9. The summed E-state index contributed by atoms with van der Waals surface area (Å²) < 4.78 is 12.9. The first-order valence-corrected chi connectivity index (χ1v) is 9.76. The number of halogens is 1. The largest absolute Gasteiger partial charge is 0.335 e. The SMILES string of the molecule is O=C(CSCC(=O)N1CCCC1c1ccccc1)Nc1ccc(F)cc1. The molecule has 0 aliphatic carbocycles. The third-order valence-electron chi connectivity index (χ3n) is 4.34. The molecule has 1 saturated heterocycles. The number of hydrogen-bond donors (Lipinski definition) is 1. The van der Waals surface area contributed by atoms with Crippen molar-refractivity contribution in [1.82, 2.24) is 4.90 Å². The summed E-state index contributed by atoms with van der Waals surface area (Å²) in [6.07, 6.45) is 1.98. The van der Waals surface area contributed by atoms with Crippen LogP contribution in [0.15, 0.2) is 54.6 Å². The zero-order chi connectivity index (χ0) is 18.4. The Morgan fingerprint density at radius 3 is 2.54 bits per heavy atom. The van der Waals surface area contributed by atoms with Gasteiger partial charge in [-0.3, -0.25) is 9.59 Å². The minimum Gasteiger partial charge on any atom is -0.335 e. The Kier molecular flexibility index (Phi) is 6.28. The lowest BCUT2D eigenvalue weighted by atomic mass is 10.0. The molecule has 26 heavy (non-hydrogen) atoms. The van der Waals surface area contributed by atoms with Gasteiger partial charge >= 0.3 is 0 Å². The molecule has 1 N–H and O–H groups in total. The van der Waals surface area contributed by atoms with Gasteiger partial charge in [0.15, 0.2) is 0 Å². The molecule has 6 heteroatoms. The van der Waals surface area contributed by atoms with Crippen molar-refractivity contribution in [2.24, 2.45) is 0 Å². The average molecular weight is 372 g/mol. The zero-order valence-corrected chi connectivity index (χ0v) is 15.2. The number of carbonyl (C=O) groups is 2. The predicted molar refractivity (Wildman–Crippen MR) is 102 cm³/mol. The first kappa shape index (κ1) is 18.5. The minimum absolute atomic E-state index is 0.0657. The van der Waals surface area contributed by atoms with Crippen molar-refractivity contribution in [3.8, 4) is 0 Å². The van der Waals surface area contributed by atoms with E-state index in [4.69, 9.17) is 0 Å². The van der Waals surface area contributed by atoms with Crippen LogP contribution in [0.1, 0.15) is 24.4 Å². The molecule has 136 valence electrons. The fourth-order valence-electron chi connectivity index (χ4n) is 3.13. The van der Waals surface area contributed by atoms with Gasteiger partial charge in [0.05, 0.1) is 17.5 Å². The number of benzene rings is 2. The molecule has 0 radical (unpaired) electrons. The molecule has 1 aliphatic heterocycles. The molecular formula is C20H21FN2O2S. The van der Waals surface area contributed by atoms with Crippen LogP contribution in [0.3, 0.4) is 0 Å². The smallest absolute Gasteiger partial charge is 0.234 e. The van der Waals surface area contributed by atoms with Gasteiger partial charge in [0.25, 0.3) is 0 Å². The normalized spacial score (nSPS) is 16.5. The highest BCUT2D eigenvalue weighted by atomic mass is 32.2. The van der Waals surface area contributed by atoms with Gasteiger partial charge in [0.2, 0.25) is 11.8 Å². The average Bonchev–Trinajstić information content (AvgIpc) is 3.14. The van der Waals surface area contributed by atoms with Crippen molar-refractivity contribution >= 4 is 29.3 Å². The summed E-state index contributed by atoms with van der Waals surface area (Å²) in [5, 5.41) is 2.70. The Morgan fingerprint density at radius 2 is 1.81 bits per heavy atom. The van der Waals surface area contributed by atoms with E-state index in [1.54, 1.807) is 0 Å². The summed E-state index contributed by atoms with van der Waals surface area (Å²) in [5.41, 5.74) is 1.71. The number of nitrogens with one attached hydrogen (secondary N) is 1. The van der Waals surface area contributed by atoms with Crippen molar-refractivity contribution < 1.29 is 14.0 Å². The molecule has 1 unspecified atom stereocenters. The van der Waals surface area contributed by atoms with Crippen LogP contribution < -0.4 is 5.32 Å². The van der Waals surface area contributed by atoms with E-state index >= 15 is 0 Å². The van der Waals surface area contributed by atoms with Gasteiger partial charge in [-0.2, -0.15) is 0 Å². The van der Waals surface area contributed by atoms with E-state index in [1.807, 2.05) is 23.1 Å². The Balaban J connectivity index is 1.46. The first-order chi connectivity index (χ1) is 12.6. The summed E-state index contributed by atoms with van der Waals surface area (Å²) in [6.45, 7) is 0.765. The monoisotopic (exact) mass is 372 g/mol. The summed E-state index contributed by atoms with van der Waals surface area (Å²) in [4.78, 5) is 26.4. The van der Waals surface area contributed by atoms with Gasteiger partial charge in [-0.15, -0.1) is 11.8 Å². The highest BCUT2D eigenvalue weighted by molar-refractivity contribution is 8.00. The number of nitrogens with zero attached hydrogens (tertiary/aromatic N) is 1. The van der Waals surface area contributed by atoms with Crippen molar-refractivity contribution in [2.45, 2.75) is 18.9 Å². The van der Waals surface area contributed by atoms with Crippen LogP contribution in [-0.2, 0) is 9.59 Å². The van der Waals surface area contributed by atoms with Crippen LogP contribution in [0.5, 0.6) is 0 Å². The van der Waals surface area contributed by atoms with Gasteiger partial charge in [-0.1, -0.05) is 30.3 Å². The molecule has 3 rings (SSSR count). The number of amides is 2. The third-order valence-corrected chi connectivity index (χ3v) is 5.26. The topological polar surface area (TPSA) is 49.4 Å². The second kappa shape index (κ2) is 8.85. The molecule has 4 nitrogen and oxygen atoms in total. The lowest BCUT2D eigenvalue weighted by molar-refractivity contribution is -0.129. The molecule has 1 aliphatic rings. The summed E-state index contributed by atoms with van der Waals surface area (Å²) >= 11 is 1.30. The van der Waals surface area contributed by atoms with E-state index in [9.17, 15) is 14.0 Å². The Hall–Kier alpha value is -2.34. The number of rotatable bonds is 6. The fourth-order valence-corrected chi connectivity index (χ4v) is 3.83. The minimum atomic E-state index is -0.346. The van der Waals surface area contributed by atoms with Crippen LogP contribution in [0.4, 0.5) is 10.1 Å². The number of thioether (sulfide) groups is 1. The van der Waals surface area contributed by atoms with Gasteiger partial charge in [-0.25, -0.2) is 4.39 Å². The number of anilines is 1. The van der Waals surface area contributed by atoms with Gasteiger partial charge in [0.1, 0.15) is 5.82 Å². The van der Waals surface area contributed by atoms with E-state index in [0.717, 1.165) is 24.9 Å². The summed E-state index contributed by atoms with van der Waals surface area (Å²) in [5.74, 6) is -0.0134. The maximum atomic E-state index is 12.9. The number of carbonyl (C=O) groups excluding carboxylic acids is 2. The van der Waals surface area contributed by atoms with E-state index < -0.39 is 0 Å². The Bertz CT molecular complexity index is 752. The van der Waals surface area contributed by atoms with Crippen LogP contribution in [0, 0.1) is 5.82 Å². The first-order valence-electron chi connectivity index (χ1n) is 8.61. The van der Waals surface area contributed by atoms with Crippen LogP contribution in [0.2, 0.25) is 0 Å². The van der Waals surface area contributed by atoms with E-state index in [1.165, 1.54) is 36.0 Å². The molecular weight excluding hydrogens is 351 g/mol. The maximum Gasteiger partial charge on any atom is 0.234 e. The molecule has 2 amide bonds. The second-order valence-corrected chi connectivity index (χ2v) is 7.19. The van der Waals surface area contributed by atoms with E-state index in [0.29, 0.717) is 5.69 Å². The highest BCUT2D eigenvalue weighted by Crippen LogP contribution is 2.32. The van der Waals surface area contributed by atoms with Crippen LogP contribution in [0.25, 0.3) is 0 Å². The molecule has 2 aromatic carbocycles. The lowest BCUT2D eigenvalue weighted by Crippen LogP contribution is -2.32. The van der Waals surface area contributed by atoms with Gasteiger partial charge < -0.3 is 10.2 Å². The van der Waals surface area contributed by atoms with Crippen molar-refractivity contribution in [3.05, 3.63) is 66.0 Å². The van der Waals surface area contributed by atoms with Crippen LogP contribution in [-0.4, -0.2) is 34.8 Å². The van der Waals surface area contributed by atoms with Gasteiger partial charge in [-0.05, 0) is 42.7 Å². The lowest BCUT2D eigenvalue weighted by Gasteiger charge is -2.25. The quantitative estimate of drug-likeness (QED) is 0.838. The predicted octanol–water partition coefficient (Wildman–Crippen LogP) is 3.86. The molecule has 2 aromatic rings. The van der Waals surface area contributed by atoms with Crippen molar-refractivity contribution in [1.29, 1.82) is 0 Å². The Labute approximate surface area is 156 Å². The molecule has 1 heterocycles.